The molecular formula is C15H21N3O2. The van der Waals surface area contributed by atoms with E-state index in [2.05, 4.69) is 17.4 Å². The summed E-state index contributed by atoms with van der Waals surface area (Å²) in [7, 11) is 0. The van der Waals surface area contributed by atoms with Crippen molar-refractivity contribution >= 4 is 12.3 Å². The molecule has 108 valence electrons. The third-order valence-corrected chi connectivity index (χ3v) is 3.50. The molecule has 5 heteroatoms. The number of hydrogen-bond acceptors (Lipinski definition) is 3. The molecule has 1 heterocycles. The van der Waals surface area contributed by atoms with Crippen LogP contribution in [-0.2, 0) is 16.1 Å². The number of amides is 2. The molecule has 2 rings (SSSR count). The van der Waals surface area contributed by atoms with Crippen LogP contribution in [-0.4, -0.2) is 54.8 Å². The standard InChI is InChI=1S/C15H21N3O2/c19-13-17-8-10-18(11-9-17)15(20)6-7-16-12-14-4-2-1-3-5-14/h1-5,13,16H,6-12H2. The van der Waals surface area contributed by atoms with Gasteiger partial charge in [-0.1, -0.05) is 30.3 Å². The maximum Gasteiger partial charge on any atom is 0.223 e. The first-order chi connectivity index (χ1) is 9.79. The fraction of sp³-hybridized carbons (Fsp3) is 0.467. The van der Waals surface area contributed by atoms with Gasteiger partial charge in [-0.05, 0) is 5.56 Å². The maximum absolute atomic E-state index is 12.0. The van der Waals surface area contributed by atoms with Crippen LogP contribution in [0.4, 0.5) is 0 Å². The van der Waals surface area contributed by atoms with Crippen molar-refractivity contribution in [3.05, 3.63) is 35.9 Å². The predicted molar refractivity (Wildman–Crippen MR) is 77.0 cm³/mol. The zero-order valence-corrected chi connectivity index (χ0v) is 11.6. The second kappa shape index (κ2) is 7.65. The summed E-state index contributed by atoms with van der Waals surface area (Å²) in [6, 6.07) is 10.1. The molecule has 0 unspecified atom stereocenters. The zero-order chi connectivity index (χ0) is 14.2. The number of benzene rings is 1. The average Bonchev–Trinajstić information content (AvgIpc) is 2.52. The Hall–Kier alpha value is -1.88. The highest BCUT2D eigenvalue weighted by molar-refractivity contribution is 5.76. The van der Waals surface area contributed by atoms with E-state index in [-0.39, 0.29) is 5.91 Å². The van der Waals surface area contributed by atoms with E-state index < -0.39 is 0 Å². The summed E-state index contributed by atoms with van der Waals surface area (Å²) in [5, 5.41) is 3.28. The molecule has 0 aromatic heterocycles. The second-order valence-electron chi connectivity index (χ2n) is 4.93. The maximum atomic E-state index is 12.0. The molecule has 0 atom stereocenters. The van der Waals surface area contributed by atoms with Crippen LogP contribution in [0.15, 0.2) is 30.3 Å². The molecule has 0 radical (unpaired) electrons. The van der Waals surface area contributed by atoms with Gasteiger partial charge in [0.1, 0.15) is 0 Å². The van der Waals surface area contributed by atoms with Gasteiger partial charge in [-0.15, -0.1) is 0 Å². The quantitative estimate of drug-likeness (QED) is 0.606. The Bertz CT molecular complexity index is 428. The Morgan fingerprint density at radius 2 is 1.85 bits per heavy atom. The van der Waals surface area contributed by atoms with Crippen LogP contribution in [0.1, 0.15) is 12.0 Å². The SMILES string of the molecule is O=CN1CCN(C(=O)CCNCc2ccccc2)CC1. The predicted octanol–water partition coefficient (Wildman–Crippen LogP) is 0.467. The highest BCUT2D eigenvalue weighted by atomic mass is 16.2. The Balaban J connectivity index is 1.62. The fourth-order valence-corrected chi connectivity index (χ4v) is 2.26. The molecule has 5 nitrogen and oxygen atoms in total. The third kappa shape index (κ3) is 4.35. The molecule has 1 aromatic carbocycles. The van der Waals surface area contributed by atoms with Crippen molar-refractivity contribution in [3.63, 3.8) is 0 Å². The van der Waals surface area contributed by atoms with Gasteiger partial charge in [0, 0.05) is 45.7 Å². The van der Waals surface area contributed by atoms with Crippen LogP contribution in [0.3, 0.4) is 0 Å². The Morgan fingerprint density at radius 3 is 2.50 bits per heavy atom. The van der Waals surface area contributed by atoms with Crippen LogP contribution >= 0.6 is 0 Å². The fourth-order valence-electron chi connectivity index (χ4n) is 2.26. The zero-order valence-electron chi connectivity index (χ0n) is 11.6. The average molecular weight is 275 g/mol. The molecule has 0 saturated carbocycles. The number of rotatable bonds is 6. The van der Waals surface area contributed by atoms with Gasteiger partial charge in [-0.2, -0.15) is 0 Å². The summed E-state index contributed by atoms with van der Waals surface area (Å²) in [5.74, 6) is 0.163. The van der Waals surface area contributed by atoms with Gasteiger partial charge in [0.2, 0.25) is 12.3 Å². The molecule has 1 fully saturated rings. The molecule has 20 heavy (non-hydrogen) atoms. The lowest BCUT2D eigenvalue weighted by Gasteiger charge is -2.32. The van der Waals surface area contributed by atoms with E-state index in [1.54, 1.807) is 4.90 Å². The molecule has 2 amide bonds. The van der Waals surface area contributed by atoms with E-state index in [1.165, 1.54) is 5.56 Å². The van der Waals surface area contributed by atoms with Gasteiger partial charge in [0.15, 0.2) is 0 Å². The van der Waals surface area contributed by atoms with Crippen molar-refractivity contribution in [2.24, 2.45) is 0 Å². The third-order valence-electron chi connectivity index (χ3n) is 3.50. The number of hydrogen-bond donors (Lipinski definition) is 1. The highest BCUT2D eigenvalue weighted by Gasteiger charge is 2.19. The van der Waals surface area contributed by atoms with Crippen molar-refractivity contribution in [1.29, 1.82) is 0 Å². The lowest BCUT2D eigenvalue weighted by molar-refractivity contribution is -0.135. The summed E-state index contributed by atoms with van der Waals surface area (Å²) in [4.78, 5) is 26.1. The van der Waals surface area contributed by atoms with E-state index in [0.29, 0.717) is 39.1 Å². The van der Waals surface area contributed by atoms with Crippen LogP contribution in [0.2, 0.25) is 0 Å². The first-order valence-electron chi connectivity index (χ1n) is 7.01. The number of piperazine rings is 1. The minimum atomic E-state index is 0.163. The van der Waals surface area contributed by atoms with Crippen molar-refractivity contribution in [3.8, 4) is 0 Å². The van der Waals surface area contributed by atoms with Crippen molar-refractivity contribution < 1.29 is 9.59 Å². The summed E-state index contributed by atoms with van der Waals surface area (Å²) in [6.07, 6.45) is 1.36. The monoisotopic (exact) mass is 275 g/mol. The highest BCUT2D eigenvalue weighted by Crippen LogP contribution is 2.02. The normalized spacial score (nSPS) is 15.2. The van der Waals surface area contributed by atoms with E-state index in [9.17, 15) is 9.59 Å². The Morgan fingerprint density at radius 1 is 1.15 bits per heavy atom. The van der Waals surface area contributed by atoms with Gasteiger partial charge in [-0.25, -0.2) is 0 Å². The molecule has 1 aliphatic heterocycles. The molecule has 1 saturated heterocycles. The first-order valence-corrected chi connectivity index (χ1v) is 7.01. The Kier molecular flexibility index (Phi) is 5.55. The smallest absolute Gasteiger partial charge is 0.223 e. The molecule has 1 aromatic rings. The van der Waals surface area contributed by atoms with Gasteiger partial charge in [-0.3, -0.25) is 9.59 Å². The second-order valence-corrected chi connectivity index (χ2v) is 4.93. The summed E-state index contributed by atoms with van der Waals surface area (Å²) < 4.78 is 0. The van der Waals surface area contributed by atoms with E-state index >= 15 is 0 Å². The molecular weight excluding hydrogens is 254 g/mol. The van der Waals surface area contributed by atoms with Crippen molar-refractivity contribution in [2.75, 3.05) is 32.7 Å². The molecule has 1 N–H and O–H groups in total. The van der Waals surface area contributed by atoms with Crippen LogP contribution < -0.4 is 5.32 Å². The lowest BCUT2D eigenvalue weighted by atomic mass is 10.2. The van der Waals surface area contributed by atoms with E-state index in [1.807, 2.05) is 23.1 Å². The molecule has 0 bridgehead atoms. The molecule has 1 aliphatic rings. The minimum Gasteiger partial charge on any atom is -0.342 e. The largest absolute Gasteiger partial charge is 0.342 e. The summed E-state index contributed by atoms with van der Waals surface area (Å²) in [6.45, 7) is 4.06. The number of carbonyl (C=O) groups is 2. The van der Waals surface area contributed by atoms with Gasteiger partial charge >= 0.3 is 0 Å². The number of nitrogens with zero attached hydrogens (tertiary/aromatic N) is 2. The lowest BCUT2D eigenvalue weighted by Crippen LogP contribution is -2.48. The van der Waals surface area contributed by atoms with Gasteiger partial charge in [0.05, 0.1) is 0 Å². The van der Waals surface area contributed by atoms with Crippen molar-refractivity contribution in [2.45, 2.75) is 13.0 Å². The molecule has 0 aliphatic carbocycles. The van der Waals surface area contributed by atoms with Crippen LogP contribution in [0, 0.1) is 0 Å². The molecule has 0 spiro atoms. The number of nitrogens with one attached hydrogen (secondary N) is 1. The summed E-state index contributed by atoms with van der Waals surface area (Å²) in [5.41, 5.74) is 1.22. The topological polar surface area (TPSA) is 52.7 Å². The Labute approximate surface area is 119 Å². The minimum absolute atomic E-state index is 0.163. The summed E-state index contributed by atoms with van der Waals surface area (Å²) >= 11 is 0. The van der Waals surface area contributed by atoms with Crippen molar-refractivity contribution in [1.82, 2.24) is 15.1 Å². The van der Waals surface area contributed by atoms with E-state index in [0.717, 1.165) is 13.0 Å². The number of carbonyl (C=O) groups excluding carboxylic acids is 2. The first kappa shape index (κ1) is 14.5. The van der Waals surface area contributed by atoms with Gasteiger partial charge < -0.3 is 15.1 Å². The van der Waals surface area contributed by atoms with E-state index in [4.69, 9.17) is 0 Å². The van der Waals surface area contributed by atoms with Crippen LogP contribution in [0.25, 0.3) is 0 Å². The van der Waals surface area contributed by atoms with Crippen LogP contribution in [0.5, 0.6) is 0 Å². The van der Waals surface area contributed by atoms with Gasteiger partial charge in [0.25, 0.3) is 0 Å².